The van der Waals surface area contributed by atoms with Crippen molar-refractivity contribution in [2.45, 2.75) is 13.8 Å². The lowest BCUT2D eigenvalue weighted by molar-refractivity contribution is -0.140. The quantitative estimate of drug-likeness (QED) is 0.857. The van der Waals surface area contributed by atoms with E-state index in [0.717, 1.165) is 11.5 Å². The van der Waals surface area contributed by atoms with Gasteiger partial charge in [0.2, 0.25) is 5.91 Å². The molecule has 1 saturated carbocycles. The minimum Gasteiger partial charge on any atom is -0.481 e. The molecule has 0 bridgehead atoms. The second kappa shape index (κ2) is 6.71. The summed E-state index contributed by atoms with van der Waals surface area (Å²) in [4.78, 5) is 38.4. The van der Waals surface area contributed by atoms with Gasteiger partial charge in [-0.15, -0.1) is 0 Å². The number of thioether (sulfide) groups is 1. The van der Waals surface area contributed by atoms with E-state index in [1.807, 2.05) is 11.8 Å². The third kappa shape index (κ3) is 3.38. The zero-order chi connectivity index (χ0) is 18.2. The fraction of sp³-hybridized carbons (Fsp3) is 0.500. The van der Waals surface area contributed by atoms with E-state index < -0.39 is 23.2 Å². The standard InChI is InChI=1S/C18H22N2O4S/c1-18(2)13(14(18)17(23)24)15(21)19-12-6-4-3-5-11(12)16(22)20-7-9-25-10-8-20/h3-6,13-14H,7-10H2,1-2H3,(H,19,21)(H,23,24)/t13-,14-/m0/s1. The number of carbonyl (C=O) groups is 3. The van der Waals surface area contributed by atoms with Crippen LogP contribution in [0.4, 0.5) is 5.69 Å². The van der Waals surface area contributed by atoms with E-state index in [4.69, 9.17) is 0 Å². The van der Waals surface area contributed by atoms with Crippen LogP contribution in [0.1, 0.15) is 24.2 Å². The smallest absolute Gasteiger partial charge is 0.307 e. The lowest BCUT2D eigenvalue weighted by Gasteiger charge is -2.27. The number of aliphatic carboxylic acids is 1. The van der Waals surface area contributed by atoms with Gasteiger partial charge in [0.05, 0.1) is 23.1 Å². The Bertz CT molecular complexity index is 713. The zero-order valence-electron chi connectivity index (χ0n) is 14.3. The molecule has 2 atom stereocenters. The molecule has 3 rings (SSSR count). The number of hydrogen-bond donors (Lipinski definition) is 2. The van der Waals surface area contributed by atoms with Crippen molar-refractivity contribution in [2.75, 3.05) is 29.9 Å². The van der Waals surface area contributed by atoms with Crippen LogP contribution in [0, 0.1) is 17.3 Å². The highest BCUT2D eigenvalue weighted by Gasteiger charge is 2.65. The van der Waals surface area contributed by atoms with E-state index in [9.17, 15) is 19.5 Å². The molecular weight excluding hydrogens is 340 g/mol. The second-order valence-electron chi connectivity index (χ2n) is 7.05. The second-order valence-corrected chi connectivity index (χ2v) is 8.28. The predicted octanol–water partition coefficient (Wildman–Crippen LogP) is 2.17. The third-order valence-corrected chi connectivity index (χ3v) is 6.03. The van der Waals surface area contributed by atoms with E-state index in [-0.39, 0.29) is 11.8 Å². The van der Waals surface area contributed by atoms with Crippen molar-refractivity contribution in [3.05, 3.63) is 29.8 Å². The molecule has 2 aliphatic rings. The molecule has 1 aliphatic carbocycles. The molecule has 7 heteroatoms. The third-order valence-electron chi connectivity index (χ3n) is 5.09. The summed E-state index contributed by atoms with van der Waals surface area (Å²) in [5, 5.41) is 12.0. The van der Waals surface area contributed by atoms with Gasteiger partial charge < -0.3 is 15.3 Å². The molecule has 0 radical (unpaired) electrons. The predicted molar refractivity (Wildman–Crippen MR) is 96.7 cm³/mol. The summed E-state index contributed by atoms with van der Waals surface area (Å²) in [6, 6.07) is 6.91. The summed E-state index contributed by atoms with van der Waals surface area (Å²) >= 11 is 1.82. The summed E-state index contributed by atoms with van der Waals surface area (Å²) < 4.78 is 0. The first-order valence-corrected chi connectivity index (χ1v) is 9.49. The Balaban J connectivity index is 1.76. The number of hydrogen-bond acceptors (Lipinski definition) is 4. The maximum absolute atomic E-state index is 12.8. The maximum atomic E-state index is 12.8. The molecule has 2 fully saturated rings. The summed E-state index contributed by atoms with van der Waals surface area (Å²) in [6.07, 6.45) is 0. The molecule has 1 aromatic rings. The summed E-state index contributed by atoms with van der Waals surface area (Å²) in [6.45, 7) is 4.95. The molecule has 1 aliphatic heterocycles. The molecule has 1 saturated heterocycles. The van der Waals surface area contributed by atoms with Gasteiger partial charge in [-0.3, -0.25) is 14.4 Å². The zero-order valence-corrected chi connectivity index (χ0v) is 15.1. The van der Waals surface area contributed by atoms with Gasteiger partial charge in [0, 0.05) is 24.6 Å². The molecule has 0 spiro atoms. The molecular formula is C18H22N2O4S. The van der Waals surface area contributed by atoms with Crippen LogP contribution < -0.4 is 5.32 Å². The molecule has 134 valence electrons. The number of amides is 2. The van der Waals surface area contributed by atoms with Gasteiger partial charge in [-0.2, -0.15) is 11.8 Å². The van der Waals surface area contributed by atoms with Crippen molar-refractivity contribution in [1.82, 2.24) is 4.90 Å². The van der Waals surface area contributed by atoms with E-state index in [0.29, 0.717) is 24.3 Å². The first-order chi connectivity index (χ1) is 11.8. The molecule has 2 amide bonds. The Kier molecular flexibility index (Phi) is 4.77. The van der Waals surface area contributed by atoms with Gasteiger partial charge >= 0.3 is 5.97 Å². The lowest BCUT2D eigenvalue weighted by Crippen LogP contribution is -2.38. The van der Waals surface area contributed by atoms with Crippen molar-refractivity contribution in [3.8, 4) is 0 Å². The minimum absolute atomic E-state index is 0.0963. The van der Waals surface area contributed by atoms with Crippen molar-refractivity contribution >= 4 is 35.2 Å². The first kappa shape index (κ1) is 17.8. The topological polar surface area (TPSA) is 86.7 Å². The number of carboxylic acids is 1. The lowest BCUT2D eigenvalue weighted by atomic mass is 10.1. The van der Waals surface area contributed by atoms with Crippen molar-refractivity contribution in [1.29, 1.82) is 0 Å². The normalized spacial score (nSPS) is 24.5. The van der Waals surface area contributed by atoms with Gasteiger partial charge in [-0.1, -0.05) is 26.0 Å². The summed E-state index contributed by atoms with van der Waals surface area (Å²) in [5.74, 6) is -0.838. The number of carboxylic acid groups (broad SMARTS) is 1. The SMILES string of the molecule is CC1(C)[C@H](C(=O)O)[C@H]1C(=O)Nc1ccccc1C(=O)N1CCSCC1. The number of nitrogens with zero attached hydrogens (tertiary/aromatic N) is 1. The molecule has 1 heterocycles. The number of nitrogens with one attached hydrogen (secondary N) is 1. The molecule has 2 N–H and O–H groups in total. The molecule has 0 aromatic heterocycles. The van der Waals surface area contributed by atoms with E-state index in [1.54, 1.807) is 43.0 Å². The van der Waals surface area contributed by atoms with Crippen molar-refractivity contribution in [2.24, 2.45) is 17.3 Å². The fourth-order valence-corrected chi connectivity index (χ4v) is 4.42. The largest absolute Gasteiger partial charge is 0.481 e. The molecule has 0 unspecified atom stereocenters. The Hall–Kier alpha value is -2.02. The van der Waals surface area contributed by atoms with Gasteiger partial charge in [0.1, 0.15) is 0 Å². The number of anilines is 1. The average molecular weight is 362 g/mol. The van der Waals surface area contributed by atoms with Crippen LogP contribution in [-0.2, 0) is 9.59 Å². The number of carbonyl (C=O) groups excluding carboxylic acids is 2. The Labute approximate surface area is 151 Å². The Morgan fingerprint density at radius 3 is 2.40 bits per heavy atom. The number of para-hydroxylation sites is 1. The summed E-state index contributed by atoms with van der Waals surface area (Å²) in [7, 11) is 0. The van der Waals surface area contributed by atoms with Gasteiger partial charge in [0.15, 0.2) is 0 Å². The minimum atomic E-state index is -0.958. The van der Waals surface area contributed by atoms with Gasteiger partial charge in [0.25, 0.3) is 5.91 Å². The molecule has 6 nitrogen and oxygen atoms in total. The van der Waals surface area contributed by atoms with E-state index >= 15 is 0 Å². The highest BCUT2D eigenvalue weighted by atomic mass is 32.2. The molecule has 25 heavy (non-hydrogen) atoms. The van der Waals surface area contributed by atoms with Gasteiger partial charge in [-0.25, -0.2) is 0 Å². The Morgan fingerprint density at radius 2 is 1.80 bits per heavy atom. The summed E-state index contributed by atoms with van der Waals surface area (Å²) in [5.41, 5.74) is 0.328. The van der Waals surface area contributed by atoms with Crippen LogP contribution in [0.5, 0.6) is 0 Å². The van der Waals surface area contributed by atoms with Crippen LogP contribution in [-0.4, -0.2) is 52.4 Å². The van der Waals surface area contributed by atoms with Crippen LogP contribution in [0.25, 0.3) is 0 Å². The number of benzene rings is 1. The maximum Gasteiger partial charge on any atom is 0.307 e. The average Bonchev–Trinajstić information content (AvgIpc) is 3.18. The van der Waals surface area contributed by atoms with Gasteiger partial charge in [-0.05, 0) is 17.5 Å². The molecule has 1 aromatic carbocycles. The van der Waals surface area contributed by atoms with Crippen LogP contribution in [0.2, 0.25) is 0 Å². The first-order valence-electron chi connectivity index (χ1n) is 8.33. The monoisotopic (exact) mass is 362 g/mol. The van der Waals surface area contributed by atoms with Crippen LogP contribution in [0.3, 0.4) is 0 Å². The van der Waals surface area contributed by atoms with Crippen molar-refractivity contribution in [3.63, 3.8) is 0 Å². The fourth-order valence-electron chi connectivity index (χ4n) is 3.51. The van der Waals surface area contributed by atoms with Crippen molar-refractivity contribution < 1.29 is 19.5 Å². The highest BCUT2D eigenvalue weighted by Crippen LogP contribution is 2.58. The van der Waals surface area contributed by atoms with E-state index in [1.165, 1.54) is 0 Å². The van der Waals surface area contributed by atoms with E-state index in [2.05, 4.69) is 5.32 Å². The van der Waals surface area contributed by atoms with Crippen LogP contribution >= 0.6 is 11.8 Å². The van der Waals surface area contributed by atoms with Crippen LogP contribution in [0.15, 0.2) is 24.3 Å². The highest BCUT2D eigenvalue weighted by molar-refractivity contribution is 7.99. The Morgan fingerprint density at radius 1 is 1.16 bits per heavy atom. The number of rotatable bonds is 4.